The van der Waals surface area contributed by atoms with Gasteiger partial charge in [-0.1, -0.05) is 6.08 Å². The summed E-state index contributed by atoms with van der Waals surface area (Å²) in [5, 5.41) is 0. The molecule has 2 nitrogen and oxygen atoms in total. The van der Waals surface area contributed by atoms with Crippen LogP contribution in [0.25, 0.3) is 0 Å². The Morgan fingerprint density at radius 3 is 3.00 bits per heavy atom. The second-order valence-corrected chi connectivity index (χ2v) is 4.74. The predicted molar refractivity (Wildman–Crippen MR) is 61.4 cm³/mol. The number of hydrogen-bond acceptors (Lipinski definition) is 2. The first-order valence-corrected chi connectivity index (χ1v) is 5.84. The monoisotopic (exact) mass is 205 g/mol. The van der Waals surface area contributed by atoms with Crippen molar-refractivity contribution < 1.29 is 4.79 Å². The predicted octanol–water partition coefficient (Wildman–Crippen LogP) is 2.52. The van der Waals surface area contributed by atoms with Crippen LogP contribution in [0.5, 0.6) is 0 Å². The van der Waals surface area contributed by atoms with Crippen molar-refractivity contribution in [1.82, 2.24) is 4.90 Å². The average molecular weight is 205 g/mol. The number of nitrogens with zero attached hydrogens (tertiary/aromatic N) is 1. The van der Waals surface area contributed by atoms with Crippen LogP contribution in [-0.4, -0.2) is 23.8 Å². The van der Waals surface area contributed by atoms with E-state index in [1.54, 1.807) is 0 Å². The summed E-state index contributed by atoms with van der Waals surface area (Å²) in [6, 6.07) is 0.563. The Balaban J connectivity index is 2.23. The van der Waals surface area contributed by atoms with Crippen LogP contribution in [0, 0.1) is 5.92 Å². The van der Waals surface area contributed by atoms with Crippen molar-refractivity contribution in [1.29, 1.82) is 0 Å². The molecule has 82 valence electrons. The molecule has 1 aliphatic heterocycles. The van der Waals surface area contributed by atoms with E-state index < -0.39 is 0 Å². The van der Waals surface area contributed by atoms with Crippen LogP contribution in [0.2, 0.25) is 0 Å². The van der Waals surface area contributed by atoms with Crippen molar-refractivity contribution >= 4 is 6.29 Å². The molecule has 0 amide bonds. The molecule has 15 heavy (non-hydrogen) atoms. The van der Waals surface area contributed by atoms with Gasteiger partial charge in [-0.2, -0.15) is 0 Å². The van der Waals surface area contributed by atoms with Gasteiger partial charge in [-0.3, -0.25) is 0 Å². The topological polar surface area (TPSA) is 20.3 Å². The molecule has 1 atom stereocenters. The fourth-order valence-corrected chi connectivity index (χ4v) is 2.53. The molecule has 1 heterocycles. The van der Waals surface area contributed by atoms with E-state index in [0.717, 1.165) is 19.3 Å². The summed E-state index contributed by atoms with van der Waals surface area (Å²) in [6.45, 7) is 5.62. The summed E-state index contributed by atoms with van der Waals surface area (Å²) < 4.78 is 0. The Hall–Kier alpha value is -1.05. The maximum Gasteiger partial charge on any atom is 0.127 e. The van der Waals surface area contributed by atoms with Gasteiger partial charge in [0.25, 0.3) is 0 Å². The summed E-state index contributed by atoms with van der Waals surface area (Å²) in [5.41, 5.74) is 2.86. The normalized spacial score (nSPS) is 25.8. The lowest BCUT2D eigenvalue weighted by Gasteiger charge is -2.37. The summed E-state index contributed by atoms with van der Waals surface area (Å²) in [4.78, 5) is 13.2. The minimum absolute atomic E-state index is 0.121. The largest absolute Gasteiger partial charge is 0.369 e. The third kappa shape index (κ3) is 1.99. The van der Waals surface area contributed by atoms with E-state index in [2.05, 4.69) is 24.8 Å². The average Bonchev–Trinajstić information content (AvgIpc) is 2.27. The molecule has 0 bridgehead atoms. The van der Waals surface area contributed by atoms with Gasteiger partial charge < -0.3 is 9.69 Å². The lowest BCUT2D eigenvalue weighted by atomic mass is 9.87. The highest BCUT2D eigenvalue weighted by Gasteiger charge is 2.24. The summed E-state index contributed by atoms with van der Waals surface area (Å²) >= 11 is 0. The zero-order valence-corrected chi connectivity index (χ0v) is 9.57. The van der Waals surface area contributed by atoms with E-state index in [0.29, 0.717) is 6.04 Å². The van der Waals surface area contributed by atoms with E-state index in [1.165, 1.54) is 24.1 Å². The number of rotatable bonds is 2. The third-order valence-electron chi connectivity index (χ3n) is 3.33. The van der Waals surface area contributed by atoms with Gasteiger partial charge in [-0.25, -0.2) is 0 Å². The van der Waals surface area contributed by atoms with Gasteiger partial charge in [0.1, 0.15) is 6.29 Å². The van der Waals surface area contributed by atoms with Gasteiger partial charge in [-0.15, -0.1) is 0 Å². The Morgan fingerprint density at radius 1 is 1.53 bits per heavy atom. The zero-order chi connectivity index (χ0) is 10.8. The number of hydrogen-bond donors (Lipinski definition) is 0. The molecular formula is C13H19NO. The van der Waals surface area contributed by atoms with Crippen LogP contribution in [-0.2, 0) is 4.79 Å². The minimum atomic E-state index is 0.121. The van der Waals surface area contributed by atoms with Crippen molar-refractivity contribution in [3.8, 4) is 0 Å². The molecule has 0 fully saturated rings. The molecule has 0 N–H and O–H groups in total. The summed E-state index contributed by atoms with van der Waals surface area (Å²) in [6.07, 6.45) is 8.61. The van der Waals surface area contributed by atoms with E-state index in [-0.39, 0.29) is 5.92 Å². The molecule has 2 rings (SSSR count). The Kier molecular flexibility index (Phi) is 2.94. The second-order valence-electron chi connectivity index (χ2n) is 4.74. The van der Waals surface area contributed by atoms with Crippen LogP contribution in [0.15, 0.2) is 23.4 Å². The number of carbonyl (C=O) groups is 1. The summed E-state index contributed by atoms with van der Waals surface area (Å²) in [5.74, 6) is 0.121. The maximum atomic E-state index is 10.8. The Morgan fingerprint density at radius 2 is 2.33 bits per heavy atom. The smallest absolute Gasteiger partial charge is 0.127 e. The van der Waals surface area contributed by atoms with Crippen LogP contribution in [0.1, 0.15) is 33.1 Å². The fraction of sp³-hybridized carbons (Fsp3) is 0.615. The van der Waals surface area contributed by atoms with Gasteiger partial charge in [0.2, 0.25) is 0 Å². The van der Waals surface area contributed by atoms with Gasteiger partial charge in [0.05, 0.1) is 0 Å². The summed E-state index contributed by atoms with van der Waals surface area (Å²) in [7, 11) is 0. The van der Waals surface area contributed by atoms with E-state index in [1.807, 2.05) is 6.08 Å². The molecule has 0 saturated carbocycles. The van der Waals surface area contributed by atoms with Gasteiger partial charge in [-0.05, 0) is 44.8 Å². The number of allylic oxidation sites excluding steroid dienone is 3. The van der Waals surface area contributed by atoms with Crippen LogP contribution in [0.4, 0.5) is 0 Å². The number of aldehydes is 1. The van der Waals surface area contributed by atoms with Crippen LogP contribution >= 0.6 is 0 Å². The van der Waals surface area contributed by atoms with Crippen molar-refractivity contribution in [2.24, 2.45) is 5.92 Å². The van der Waals surface area contributed by atoms with Crippen molar-refractivity contribution in [2.75, 3.05) is 6.54 Å². The first-order chi connectivity index (χ1) is 7.22. The Bertz CT molecular complexity index is 314. The first kappa shape index (κ1) is 10.5. The highest BCUT2D eigenvalue weighted by Crippen LogP contribution is 2.32. The molecule has 0 aromatic carbocycles. The second kappa shape index (κ2) is 4.21. The van der Waals surface area contributed by atoms with Gasteiger partial charge in [0, 0.05) is 24.2 Å². The zero-order valence-electron chi connectivity index (χ0n) is 9.57. The highest BCUT2D eigenvalue weighted by atomic mass is 16.1. The fourth-order valence-electron chi connectivity index (χ4n) is 2.53. The quantitative estimate of drug-likeness (QED) is 0.646. The lowest BCUT2D eigenvalue weighted by Crippen LogP contribution is -2.35. The van der Waals surface area contributed by atoms with E-state index in [4.69, 9.17) is 0 Å². The minimum Gasteiger partial charge on any atom is -0.369 e. The van der Waals surface area contributed by atoms with Crippen molar-refractivity contribution in [3.63, 3.8) is 0 Å². The maximum absolute atomic E-state index is 10.8. The molecule has 0 radical (unpaired) electrons. The van der Waals surface area contributed by atoms with Crippen LogP contribution in [0.3, 0.4) is 0 Å². The van der Waals surface area contributed by atoms with Crippen molar-refractivity contribution in [2.45, 2.75) is 39.2 Å². The molecule has 0 aromatic rings. The molecular weight excluding hydrogens is 186 g/mol. The molecule has 0 aromatic heterocycles. The first-order valence-electron chi connectivity index (χ1n) is 5.84. The number of carbonyl (C=O) groups excluding carboxylic acids is 1. The molecule has 0 saturated heterocycles. The lowest BCUT2D eigenvalue weighted by molar-refractivity contribution is -0.109. The molecule has 2 aliphatic rings. The van der Waals surface area contributed by atoms with Crippen LogP contribution < -0.4 is 0 Å². The molecule has 0 spiro atoms. The van der Waals surface area contributed by atoms with Gasteiger partial charge >= 0.3 is 0 Å². The third-order valence-corrected chi connectivity index (χ3v) is 3.33. The van der Waals surface area contributed by atoms with Crippen molar-refractivity contribution in [3.05, 3.63) is 23.4 Å². The molecule has 1 aliphatic carbocycles. The highest BCUT2D eigenvalue weighted by molar-refractivity contribution is 5.59. The SMILES string of the molecule is CC(C)N1CCCC2=C1C=CC(C=O)C2. The standard InChI is InChI=1S/C13H19NO/c1-10(2)14-7-3-4-12-8-11(9-15)5-6-13(12)14/h5-6,9-11H,3-4,7-8H2,1-2H3. The molecule has 2 heteroatoms. The van der Waals surface area contributed by atoms with Gasteiger partial charge in [0.15, 0.2) is 0 Å². The van der Waals surface area contributed by atoms with E-state index in [9.17, 15) is 4.79 Å². The van der Waals surface area contributed by atoms with E-state index >= 15 is 0 Å². The molecule has 1 unspecified atom stereocenters. The Labute approximate surface area is 91.6 Å².